The summed E-state index contributed by atoms with van der Waals surface area (Å²) in [6.45, 7) is 4.45. The SMILES string of the molecule is CCSC1CC[N]CC1. The van der Waals surface area contributed by atoms with Crippen molar-refractivity contribution in [1.82, 2.24) is 5.32 Å². The summed E-state index contributed by atoms with van der Waals surface area (Å²) >= 11 is 2.09. The summed E-state index contributed by atoms with van der Waals surface area (Å²) in [6, 6.07) is 0. The lowest BCUT2D eigenvalue weighted by Crippen LogP contribution is -2.23. The van der Waals surface area contributed by atoms with Gasteiger partial charge in [-0.25, -0.2) is 5.32 Å². The smallest absolute Gasteiger partial charge is 0.0143 e. The van der Waals surface area contributed by atoms with Crippen LogP contribution < -0.4 is 5.32 Å². The van der Waals surface area contributed by atoms with E-state index in [0.29, 0.717) is 0 Å². The van der Waals surface area contributed by atoms with Gasteiger partial charge in [-0.1, -0.05) is 6.92 Å². The Morgan fingerprint density at radius 1 is 1.44 bits per heavy atom. The van der Waals surface area contributed by atoms with Gasteiger partial charge in [0.05, 0.1) is 0 Å². The van der Waals surface area contributed by atoms with Crippen molar-refractivity contribution >= 4 is 11.8 Å². The van der Waals surface area contributed by atoms with Crippen molar-refractivity contribution in [2.75, 3.05) is 18.8 Å². The number of hydrogen-bond donors (Lipinski definition) is 0. The Balaban J connectivity index is 2.08. The second kappa shape index (κ2) is 4.18. The molecule has 9 heavy (non-hydrogen) atoms. The number of nitrogens with zero attached hydrogens (tertiary/aromatic N) is 1. The van der Waals surface area contributed by atoms with Crippen LogP contribution in [-0.2, 0) is 0 Å². The van der Waals surface area contributed by atoms with Crippen LogP contribution in [0.1, 0.15) is 19.8 Å². The topological polar surface area (TPSA) is 14.1 Å². The van der Waals surface area contributed by atoms with Gasteiger partial charge in [0, 0.05) is 18.3 Å². The van der Waals surface area contributed by atoms with Gasteiger partial charge in [0.1, 0.15) is 0 Å². The highest BCUT2D eigenvalue weighted by atomic mass is 32.2. The molecule has 0 amide bonds. The predicted molar refractivity (Wildman–Crippen MR) is 43.0 cm³/mol. The maximum atomic E-state index is 4.30. The van der Waals surface area contributed by atoms with E-state index in [-0.39, 0.29) is 0 Å². The molecule has 0 aliphatic carbocycles. The van der Waals surface area contributed by atoms with Crippen molar-refractivity contribution < 1.29 is 0 Å². The molecule has 1 saturated heterocycles. The first-order valence-electron chi connectivity index (χ1n) is 3.68. The molecule has 0 N–H and O–H groups in total. The van der Waals surface area contributed by atoms with E-state index >= 15 is 0 Å². The Morgan fingerprint density at radius 2 is 2.11 bits per heavy atom. The first-order chi connectivity index (χ1) is 4.43. The van der Waals surface area contributed by atoms with Gasteiger partial charge in [0.2, 0.25) is 0 Å². The van der Waals surface area contributed by atoms with Gasteiger partial charge >= 0.3 is 0 Å². The van der Waals surface area contributed by atoms with Crippen LogP contribution in [0.4, 0.5) is 0 Å². The fourth-order valence-electron chi connectivity index (χ4n) is 1.13. The molecular weight excluding hydrogens is 130 g/mol. The second-order valence-corrected chi connectivity index (χ2v) is 3.90. The molecule has 0 aromatic carbocycles. The van der Waals surface area contributed by atoms with E-state index in [1.807, 2.05) is 0 Å². The summed E-state index contributed by atoms with van der Waals surface area (Å²) < 4.78 is 0. The van der Waals surface area contributed by atoms with E-state index in [1.54, 1.807) is 0 Å². The highest BCUT2D eigenvalue weighted by molar-refractivity contribution is 7.99. The van der Waals surface area contributed by atoms with Gasteiger partial charge in [-0.15, -0.1) is 0 Å². The van der Waals surface area contributed by atoms with Gasteiger partial charge in [-0.3, -0.25) is 0 Å². The Hall–Kier alpha value is 0.310. The Morgan fingerprint density at radius 3 is 2.67 bits per heavy atom. The normalized spacial score (nSPS) is 22.3. The minimum absolute atomic E-state index is 0.924. The van der Waals surface area contributed by atoms with Crippen molar-refractivity contribution in [2.45, 2.75) is 25.0 Å². The van der Waals surface area contributed by atoms with Crippen LogP contribution >= 0.6 is 11.8 Å². The summed E-state index contributed by atoms with van der Waals surface area (Å²) in [4.78, 5) is 0. The van der Waals surface area contributed by atoms with Crippen LogP contribution in [0.2, 0.25) is 0 Å². The van der Waals surface area contributed by atoms with Crippen LogP contribution in [0.15, 0.2) is 0 Å². The highest BCUT2D eigenvalue weighted by Gasteiger charge is 2.11. The molecule has 1 nitrogen and oxygen atoms in total. The monoisotopic (exact) mass is 144 g/mol. The molecule has 1 aliphatic rings. The van der Waals surface area contributed by atoms with Crippen LogP contribution in [0, 0.1) is 0 Å². The van der Waals surface area contributed by atoms with E-state index in [2.05, 4.69) is 24.0 Å². The molecule has 1 rings (SSSR count). The molecular formula is C7H14NS. The predicted octanol–water partition coefficient (Wildman–Crippen LogP) is 1.51. The molecule has 1 heterocycles. The Bertz CT molecular complexity index is 66.6. The third-order valence-corrected chi connectivity index (χ3v) is 2.90. The lowest BCUT2D eigenvalue weighted by Gasteiger charge is -2.19. The van der Waals surface area contributed by atoms with E-state index in [4.69, 9.17) is 0 Å². The molecule has 1 radical (unpaired) electrons. The molecule has 0 spiro atoms. The third-order valence-electron chi connectivity index (χ3n) is 1.62. The Labute approximate surface area is 61.6 Å². The minimum Gasteiger partial charge on any atom is -0.242 e. The van der Waals surface area contributed by atoms with Crippen molar-refractivity contribution in [1.29, 1.82) is 0 Å². The zero-order valence-electron chi connectivity index (χ0n) is 5.97. The fraction of sp³-hybridized carbons (Fsp3) is 1.00. The highest BCUT2D eigenvalue weighted by Crippen LogP contribution is 2.19. The molecule has 0 bridgehead atoms. The maximum Gasteiger partial charge on any atom is 0.0143 e. The molecule has 2 heteroatoms. The standard InChI is InChI=1S/C7H14NS/c1-2-9-7-3-5-8-6-4-7/h7H,2-6H2,1H3. The van der Waals surface area contributed by atoms with Crippen LogP contribution in [0.3, 0.4) is 0 Å². The maximum absolute atomic E-state index is 4.30. The minimum atomic E-state index is 0.924. The molecule has 1 fully saturated rings. The number of thioether (sulfide) groups is 1. The van der Waals surface area contributed by atoms with Crippen molar-refractivity contribution in [2.24, 2.45) is 0 Å². The first-order valence-corrected chi connectivity index (χ1v) is 4.73. The van der Waals surface area contributed by atoms with E-state index in [0.717, 1.165) is 18.3 Å². The summed E-state index contributed by atoms with van der Waals surface area (Å²) in [7, 11) is 0. The van der Waals surface area contributed by atoms with Gasteiger partial charge in [-0.2, -0.15) is 11.8 Å². The lowest BCUT2D eigenvalue weighted by molar-refractivity contribution is 0.522. The first kappa shape index (κ1) is 7.42. The van der Waals surface area contributed by atoms with E-state index in [1.165, 1.54) is 18.6 Å². The lowest BCUT2D eigenvalue weighted by atomic mass is 10.2. The molecule has 0 saturated carbocycles. The molecule has 0 aromatic rings. The van der Waals surface area contributed by atoms with Gasteiger partial charge in [0.15, 0.2) is 0 Å². The molecule has 53 valence electrons. The Kier molecular flexibility index (Phi) is 3.44. The number of rotatable bonds is 2. The average molecular weight is 144 g/mol. The third kappa shape index (κ3) is 2.59. The van der Waals surface area contributed by atoms with E-state index in [9.17, 15) is 0 Å². The molecule has 0 unspecified atom stereocenters. The summed E-state index contributed by atoms with van der Waals surface area (Å²) in [5.41, 5.74) is 0. The number of piperidine rings is 1. The van der Waals surface area contributed by atoms with Gasteiger partial charge < -0.3 is 0 Å². The fourth-order valence-corrected chi connectivity index (χ4v) is 2.14. The van der Waals surface area contributed by atoms with Gasteiger partial charge in [-0.05, 0) is 18.6 Å². The average Bonchev–Trinajstić information content (AvgIpc) is 1.91. The van der Waals surface area contributed by atoms with Crippen molar-refractivity contribution in [3.8, 4) is 0 Å². The van der Waals surface area contributed by atoms with E-state index < -0.39 is 0 Å². The summed E-state index contributed by atoms with van der Waals surface area (Å²) in [5, 5.41) is 5.22. The molecule has 0 aromatic heterocycles. The molecule has 0 atom stereocenters. The zero-order chi connectivity index (χ0) is 6.53. The number of hydrogen-bond acceptors (Lipinski definition) is 1. The molecule has 1 aliphatic heterocycles. The quantitative estimate of drug-likeness (QED) is 0.573. The van der Waals surface area contributed by atoms with Crippen LogP contribution in [-0.4, -0.2) is 24.1 Å². The van der Waals surface area contributed by atoms with Crippen LogP contribution in [0.5, 0.6) is 0 Å². The largest absolute Gasteiger partial charge is 0.242 e. The summed E-state index contributed by atoms with van der Waals surface area (Å²) in [5.74, 6) is 1.27. The second-order valence-electron chi connectivity index (χ2n) is 2.33. The van der Waals surface area contributed by atoms with Crippen molar-refractivity contribution in [3.05, 3.63) is 0 Å². The summed E-state index contributed by atoms with van der Waals surface area (Å²) in [6.07, 6.45) is 2.64. The van der Waals surface area contributed by atoms with Crippen LogP contribution in [0.25, 0.3) is 0 Å². The van der Waals surface area contributed by atoms with Gasteiger partial charge in [0.25, 0.3) is 0 Å². The van der Waals surface area contributed by atoms with Crippen molar-refractivity contribution in [3.63, 3.8) is 0 Å². The zero-order valence-corrected chi connectivity index (χ0v) is 6.78.